The van der Waals surface area contributed by atoms with E-state index < -0.39 is 0 Å². The zero-order valence-corrected chi connectivity index (χ0v) is 13.7. The van der Waals surface area contributed by atoms with Crippen LogP contribution in [0.5, 0.6) is 5.75 Å². The van der Waals surface area contributed by atoms with E-state index in [9.17, 15) is 0 Å². The summed E-state index contributed by atoms with van der Waals surface area (Å²) in [5.74, 6) is 0.725. The molecule has 0 aliphatic heterocycles. The Labute approximate surface area is 131 Å². The predicted octanol–water partition coefficient (Wildman–Crippen LogP) is 2.81. The number of rotatable bonds is 8. The molecule has 1 saturated carbocycles. The smallest absolute Gasteiger partial charge is 0.138 e. The average molecular weight is 314 g/mol. The molecule has 118 valence electrons. The standard InChI is InChI=1S/C16H24ClNO3/c1-4-18-13-10-15(16(13)20-8-7-19-3)21-14-6-5-11(2)9-12(14)17/h5-6,9,13,15-16,18H,4,7-8,10H2,1-3H3. The summed E-state index contributed by atoms with van der Waals surface area (Å²) in [6, 6.07) is 6.17. The maximum Gasteiger partial charge on any atom is 0.138 e. The van der Waals surface area contributed by atoms with Crippen LogP contribution in [0.3, 0.4) is 0 Å². The predicted molar refractivity (Wildman–Crippen MR) is 84.3 cm³/mol. The number of nitrogens with one attached hydrogen (secondary N) is 1. The Kier molecular flexibility index (Phi) is 6.30. The SMILES string of the molecule is CCNC1CC(Oc2ccc(C)cc2Cl)C1OCCOC. The van der Waals surface area contributed by atoms with Gasteiger partial charge in [-0.05, 0) is 31.2 Å². The summed E-state index contributed by atoms with van der Waals surface area (Å²) < 4.78 is 16.9. The van der Waals surface area contributed by atoms with E-state index in [2.05, 4.69) is 12.2 Å². The number of methoxy groups -OCH3 is 1. The highest BCUT2D eigenvalue weighted by Crippen LogP contribution is 2.33. The van der Waals surface area contributed by atoms with Gasteiger partial charge in [-0.1, -0.05) is 24.6 Å². The molecule has 0 amide bonds. The number of ether oxygens (including phenoxy) is 3. The van der Waals surface area contributed by atoms with Crippen LogP contribution < -0.4 is 10.1 Å². The third-order valence-corrected chi connectivity index (χ3v) is 3.97. The summed E-state index contributed by atoms with van der Waals surface area (Å²) in [7, 11) is 1.67. The van der Waals surface area contributed by atoms with Gasteiger partial charge >= 0.3 is 0 Å². The van der Waals surface area contributed by atoms with Gasteiger partial charge in [0.2, 0.25) is 0 Å². The minimum absolute atomic E-state index is 0.0334. The van der Waals surface area contributed by atoms with Crippen LogP contribution in [0.1, 0.15) is 18.9 Å². The first-order chi connectivity index (χ1) is 10.2. The highest BCUT2D eigenvalue weighted by atomic mass is 35.5. The highest BCUT2D eigenvalue weighted by molar-refractivity contribution is 6.32. The van der Waals surface area contributed by atoms with Gasteiger partial charge in [0, 0.05) is 19.6 Å². The first-order valence-corrected chi connectivity index (χ1v) is 7.80. The largest absolute Gasteiger partial charge is 0.486 e. The van der Waals surface area contributed by atoms with Crippen molar-refractivity contribution >= 4 is 11.6 Å². The number of hydrogen-bond donors (Lipinski definition) is 1. The van der Waals surface area contributed by atoms with Crippen molar-refractivity contribution < 1.29 is 14.2 Å². The Morgan fingerprint density at radius 3 is 2.81 bits per heavy atom. The minimum atomic E-state index is 0.0334. The number of hydrogen-bond acceptors (Lipinski definition) is 4. The molecule has 0 bridgehead atoms. The first kappa shape index (κ1) is 16.6. The van der Waals surface area contributed by atoms with Gasteiger partial charge in [0.25, 0.3) is 0 Å². The molecule has 2 rings (SSSR count). The third-order valence-electron chi connectivity index (χ3n) is 3.68. The van der Waals surface area contributed by atoms with Crippen molar-refractivity contribution in [1.29, 1.82) is 0 Å². The fourth-order valence-corrected chi connectivity index (χ4v) is 2.79. The Morgan fingerprint density at radius 1 is 1.33 bits per heavy atom. The van der Waals surface area contributed by atoms with Crippen molar-refractivity contribution in [3.05, 3.63) is 28.8 Å². The van der Waals surface area contributed by atoms with E-state index in [0.29, 0.717) is 24.3 Å². The van der Waals surface area contributed by atoms with E-state index in [4.69, 9.17) is 25.8 Å². The number of benzene rings is 1. The van der Waals surface area contributed by atoms with E-state index in [1.54, 1.807) is 7.11 Å². The summed E-state index contributed by atoms with van der Waals surface area (Å²) in [6.45, 7) is 6.19. The molecule has 1 N–H and O–H groups in total. The third kappa shape index (κ3) is 4.33. The van der Waals surface area contributed by atoms with Crippen molar-refractivity contribution in [3.8, 4) is 5.75 Å². The van der Waals surface area contributed by atoms with Gasteiger partial charge in [0.1, 0.15) is 18.0 Å². The van der Waals surface area contributed by atoms with Gasteiger partial charge < -0.3 is 19.5 Å². The maximum atomic E-state index is 6.23. The van der Waals surface area contributed by atoms with Crippen LogP contribution in [0.25, 0.3) is 0 Å². The Bertz CT molecular complexity index is 455. The van der Waals surface area contributed by atoms with Gasteiger partial charge in [-0.2, -0.15) is 0 Å². The van der Waals surface area contributed by atoms with Crippen molar-refractivity contribution in [3.63, 3.8) is 0 Å². The fourth-order valence-electron chi connectivity index (χ4n) is 2.51. The molecule has 0 radical (unpaired) electrons. The lowest BCUT2D eigenvalue weighted by molar-refractivity contribution is -0.115. The number of aryl methyl sites for hydroxylation is 1. The lowest BCUT2D eigenvalue weighted by Crippen LogP contribution is -2.61. The second-order valence-electron chi connectivity index (χ2n) is 5.32. The number of halogens is 1. The normalized spacial score (nSPS) is 24.7. The molecule has 1 aliphatic carbocycles. The molecule has 3 atom stereocenters. The van der Waals surface area contributed by atoms with E-state index in [-0.39, 0.29) is 12.2 Å². The van der Waals surface area contributed by atoms with Crippen molar-refractivity contribution in [1.82, 2.24) is 5.32 Å². The topological polar surface area (TPSA) is 39.7 Å². The molecule has 21 heavy (non-hydrogen) atoms. The summed E-state index contributed by atoms with van der Waals surface area (Å²) in [5, 5.41) is 4.07. The summed E-state index contributed by atoms with van der Waals surface area (Å²) in [5.41, 5.74) is 1.12. The zero-order chi connectivity index (χ0) is 15.2. The van der Waals surface area contributed by atoms with E-state index in [0.717, 1.165) is 24.3 Å². The Hall–Kier alpha value is -0.810. The van der Waals surface area contributed by atoms with Gasteiger partial charge in [-0.25, -0.2) is 0 Å². The molecular formula is C16H24ClNO3. The Morgan fingerprint density at radius 2 is 2.14 bits per heavy atom. The molecule has 0 saturated heterocycles. The second-order valence-corrected chi connectivity index (χ2v) is 5.73. The number of likely N-dealkylation sites (N-methyl/N-ethyl adjacent to an activating group) is 1. The van der Waals surface area contributed by atoms with Crippen molar-refractivity contribution in [2.45, 2.75) is 38.5 Å². The molecule has 3 unspecified atom stereocenters. The van der Waals surface area contributed by atoms with Crippen LogP contribution in [0.2, 0.25) is 5.02 Å². The lowest BCUT2D eigenvalue weighted by atomic mass is 9.85. The summed E-state index contributed by atoms with van der Waals surface area (Å²) in [6.07, 6.45) is 0.999. The molecule has 0 heterocycles. The quantitative estimate of drug-likeness (QED) is 0.749. The maximum absolute atomic E-state index is 6.23. The minimum Gasteiger partial charge on any atom is -0.486 e. The van der Waals surface area contributed by atoms with Crippen molar-refractivity contribution in [2.24, 2.45) is 0 Å². The molecule has 0 aromatic heterocycles. The monoisotopic (exact) mass is 313 g/mol. The van der Waals surface area contributed by atoms with Crippen LogP contribution >= 0.6 is 11.6 Å². The zero-order valence-electron chi connectivity index (χ0n) is 12.9. The molecule has 1 fully saturated rings. The van der Waals surface area contributed by atoms with E-state index in [1.807, 2.05) is 25.1 Å². The van der Waals surface area contributed by atoms with Gasteiger partial charge in [-0.15, -0.1) is 0 Å². The van der Waals surface area contributed by atoms with Crippen LogP contribution in [0.4, 0.5) is 0 Å². The van der Waals surface area contributed by atoms with Gasteiger partial charge in [-0.3, -0.25) is 0 Å². The van der Waals surface area contributed by atoms with Crippen LogP contribution in [0, 0.1) is 6.92 Å². The second kappa shape index (κ2) is 7.99. The van der Waals surface area contributed by atoms with Crippen LogP contribution in [-0.2, 0) is 9.47 Å². The molecule has 5 heteroatoms. The molecular weight excluding hydrogens is 290 g/mol. The Balaban J connectivity index is 1.94. The van der Waals surface area contributed by atoms with Crippen molar-refractivity contribution in [2.75, 3.05) is 26.9 Å². The van der Waals surface area contributed by atoms with E-state index >= 15 is 0 Å². The van der Waals surface area contributed by atoms with Gasteiger partial charge in [0.15, 0.2) is 0 Å². The molecule has 0 spiro atoms. The summed E-state index contributed by atoms with van der Waals surface area (Å²) >= 11 is 6.23. The molecule has 4 nitrogen and oxygen atoms in total. The molecule has 1 aromatic rings. The lowest BCUT2D eigenvalue weighted by Gasteiger charge is -2.44. The van der Waals surface area contributed by atoms with E-state index in [1.165, 1.54) is 0 Å². The highest BCUT2D eigenvalue weighted by Gasteiger charge is 2.43. The molecule has 1 aromatic carbocycles. The molecule has 1 aliphatic rings. The average Bonchev–Trinajstić information content (AvgIpc) is 2.44. The first-order valence-electron chi connectivity index (χ1n) is 7.42. The van der Waals surface area contributed by atoms with Crippen LogP contribution in [-0.4, -0.2) is 45.1 Å². The van der Waals surface area contributed by atoms with Crippen LogP contribution in [0.15, 0.2) is 18.2 Å². The summed E-state index contributed by atoms with van der Waals surface area (Å²) in [4.78, 5) is 0. The fraction of sp³-hybridized carbons (Fsp3) is 0.625. The van der Waals surface area contributed by atoms with Gasteiger partial charge in [0.05, 0.1) is 18.2 Å².